The summed E-state index contributed by atoms with van der Waals surface area (Å²) in [6, 6.07) is 9.44. The molecule has 0 fully saturated rings. The van der Waals surface area contributed by atoms with Crippen molar-refractivity contribution in [3.05, 3.63) is 35.4 Å². The maximum absolute atomic E-state index is 9.74. The third-order valence-electron chi connectivity index (χ3n) is 1.12. The summed E-state index contributed by atoms with van der Waals surface area (Å²) in [5.41, 5.74) is 9.61. The van der Waals surface area contributed by atoms with Crippen LogP contribution >= 0.6 is 11.6 Å². The highest BCUT2D eigenvalue weighted by atomic mass is 35.5. The van der Waals surface area contributed by atoms with Crippen LogP contribution in [0.3, 0.4) is 0 Å². The molecule has 1 rings (SSSR count). The molecule has 0 bridgehead atoms. The van der Waals surface area contributed by atoms with Crippen LogP contribution in [0.1, 0.15) is 20.3 Å². The Morgan fingerprint density at radius 2 is 1.73 bits per heavy atom. The average Bonchev–Trinajstić information content (AvgIpc) is 2.22. The highest BCUT2D eigenvalue weighted by molar-refractivity contribution is 6.30. The van der Waals surface area contributed by atoms with Crippen LogP contribution in [0.4, 0.5) is 0 Å². The van der Waals surface area contributed by atoms with Crippen LogP contribution in [0.2, 0.25) is 5.02 Å². The highest BCUT2D eigenvalue weighted by Crippen LogP contribution is 2.03. The van der Waals surface area contributed by atoms with Crippen molar-refractivity contribution in [2.24, 2.45) is 11.5 Å². The van der Waals surface area contributed by atoms with Crippen LogP contribution in [-0.4, -0.2) is 12.5 Å². The fraction of sp³-hybridized carbons (Fsp3) is 0.364. The standard InChI is InChI=1S/C6H5Cl.C3H8N2O.C2H6/c7-6-4-2-1-3-5-6;4-2-1-3(5)6;1-2/h1-5H;1-2,4H2,(H2,5,6);1-2H3. The predicted octanol–water partition coefficient (Wildman–Crippen LogP) is 2.19. The second kappa shape index (κ2) is 12.9. The molecule has 86 valence electrons. The van der Waals surface area contributed by atoms with Crippen molar-refractivity contribution in [3.8, 4) is 0 Å². The van der Waals surface area contributed by atoms with Gasteiger partial charge in [-0.2, -0.15) is 0 Å². The van der Waals surface area contributed by atoms with Crippen molar-refractivity contribution >= 4 is 17.5 Å². The van der Waals surface area contributed by atoms with E-state index >= 15 is 0 Å². The Morgan fingerprint density at radius 1 is 1.27 bits per heavy atom. The lowest BCUT2D eigenvalue weighted by molar-refractivity contribution is -0.117. The maximum Gasteiger partial charge on any atom is 0.218 e. The van der Waals surface area contributed by atoms with Gasteiger partial charge in [0.15, 0.2) is 0 Å². The zero-order valence-electron chi connectivity index (χ0n) is 9.24. The summed E-state index contributed by atoms with van der Waals surface area (Å²) in [6.45, 7) is 4.36. The van der Waals surface area contributed by atoms with Crippen LogP contribution in [-0.2, 0) is 4.79 Å². The van der Waals surface area contributed by atoms with Crippen LogP contribution in [0.15, 0.2) is 30.3 Å². The van der Waals surface area contributed by atoms with Crippen LogP contribution in [0.25, 0.3) is 0 Å². The number of carbonyl (C=O) groups excluding carboxylic acids is 1. The topological polar surface area (TPSA) is 69.1 Å². The zero-order chi connectivity index (χ0) is 12.1. The van der Waals surface area contributed by atoms with Crippen LogP contribution in [0, 0.1) is 0 Å². The number of rotatable bonds is 2. The summed E-state index contributed by atoms with van der Waals surface area (Å²) in [7, 11) is 0. The van der Waals surface area contributed by atoms with Gasteiger partial charge in [0.1, 0.15) is 0 Å². The third-order valence-corrected chi connectivity index (χ3v) is 1.38. The van der Waals surface area contributed by atoms with Gasteiger partial charge in [-0.3, -0.25) is 4.79 Å². The molecule has 15 heavy (non-hydrogen) atoms. The maximum atomic E-state index is 9.74. The molecule has 0 unspecified atom stereocenters. The molecule has 0 atom stereocenters. The van der Waals surface area contributed by atoms with E-state index in [4.69, 9.17) is 17.3 Å². The van der Waals surface area contributed by atoms with Gasteiger partial charge in [-0.05, 0) is 12.1 Å². The van der Waals surface area contributed by atoms with Crippen LogP contribution < -0.4 is 11.5 Å². The minimum atomic E-state index is -0.336. The van der Waals surface area contributed by atoms with E-state index in [1.807, 2.05) is 44.2 Å². The molecule has 1 aromatic rings. The molecule has 0 aromatic heterocycles. The molecule has 0 heterocycles. The first kappa shape index (κ1) is 16.4. The molecule has 4 heteroatoms. The predicted molar refractivity (Wildman–Crippen MR) is 65.7 cm³/mol. The Kier molecular flexibility index (Phi) is 14.1. The molecule has 0 aliphatic carbocycles. The number of benzene rings is 1. The van der Waals surface area contributed by atoms with E-state index in [0.717, 1.165) is 5.02 Å². The minimum absolute atomic E-state index is 0.292. The van der Waals surface area contributed by atoms with Gasteiger partial charge in [-0.15, -0.1) is 0 Å². The van der Waals surface area contributed by atoms with Gasteiger partial charge in [0.05, 0.1) is 0 Å². The molecule has 3 nitrogen and oxygen atoms in total. The second-order valence-corrected chi connectivity index (χ2v) is 2.74. The van der Waals surface area contributed by atoms with E-state index in [0.29, 0.717) is 13.0 Å². The Bertz CT molecular complexity index is 240. The summed E-state index contributed by atoms with van der Waals surface area (Å²) in [5, 5.41) is 0.794. The number of carbonyl (C=O) groups is 1. The van der Waals surface area contributed by atoms with E-state index in [9.17, 15) is 4.79 Å². The van der Waals surface area contributed by atoms with Gasteiger partial charge in [-0.25, -0.2) is 0 Å². The van der Waals surface area contributed by atoms with E-state index in [1.54, 1.807) is 0 Å². The fourth-order valence-corrected chi connectivity index (χ4v) is 0.702. The lowest BCUT2D eigenvalue weighted by Crippen LogP contribution is -2.15. The van der Waals surface area contributed by atoms with Crippen molar-refractivity contribution in [2.75, 3.05) is 6.54 Å². The van der Waals surface area contributed by atoms with Gasteiger partial charge in [0.2, 0.25) is 5.91 Å². The average molecular weight is 231 g/mol. The van der Waals surface area contributed by atoms with Crippen molar-refractivity contribution in [1.29, 1.82) is 0 Å². The molecular weight excluding hydrogens is 212 g/mol. The number of nitrogens with two attached hydrogens (primary N) is 2. The lowest BCUT2D eigenvalue weighted by atomic mass is 10.4. The number of primary amides is 1. The largest absolute Gasteiger partial charge is 0.370 e. The molecule has 0 aliphatic rings. The van der Waals surface area contributed by atoms with Gasteiger partial charge >= 0.3 is 0 Å². The normalized spacial score (nSPS) is 7.73. The quantitative estimate of drug-likeness (QED) is 0.818. The molecule has 4 N–H and O–H groups in total. The molecular formula is C11H19ClN2O. The van der Waals surface area contributed by atoms with Gasteiger partial charge in [-0.1, -0.05) is 43.6 Å². The van der Waals surface area contributed by atoms with E-state index in [1.165, 1.54) is 0 Å². The summed E-state index contributed by atoms with van der Waals surface area (Å²) >= 11 is 5.54. The van der Waals surface area contributed by atoms with Gasteiger partial charge in [0.25, 0.3) is 0 Å². The SMILES string of the molecule is CC.Clc1ccccc1.NCCC(N)=O. The van der Waals surface area contributed by atoms with E-state index < -0.39 is 0 Å². The Balaban J connectivity index is 0. The molecule has 0 saturated carbocycles. The van der Waals surface area contributed by atoms with Crippen molar-refractivity contribution in [1.82, 2.24) is 0 Å². The molecule has 1 aromatic carbocycles. The van der Waals surface area contributed by atoms with Crippen molar-refractivity contribution < 1.29 is 4.79 Å². The van der Waals surface area contributed by atoms with Gasteiger partial charge in [0, 0.05) is 18.0 Å². The molecule has 1 amide bonds. The molecule has 0 saturated heterocycles. The first-order valence-electron chi connectivity index (χ1n) is 4.85. The first-order chi connectivity index (χ1) is 7.16. The Morgan fingerprint density at radius 3 is 1.87 bits per heavy atom. The molecule has 0 radical (unpaired) electrons. The Labute approximate surface area is 96.4 Å². The number of hydrogen-bond acceptors (Lipinski definition) is 2. The summed E-state index contributed by atoms with van der Waals surface area (Å²) in [5.74, 6) is -0.336. The Hall–Kier alpha value is -1.06. The van der Waals surface area contributed by atoms with Crippen molar-refractivity contribution in [2.45, 2.75) is 20.3 Å². The smallest absolute Gasteiger partial charge is 0.218 e. The lowest BCUT2D eigenvalue weighted by Gasteiger charge is -1.82. The summed E-state index contributed by atoms with van der Waals surface area (Å²) in [6.07, 6.45) is 0.292. The van der Waals surface area contributed by atoms with Crippen LogP contribution in [0.5, 0.6) is 0 Å². The summed E-state index contributed by atoms with van der Waals surface area (Å²) < 4.78 is 0. The summed E-state index contributed by atoms with van der Waals surface area (Å²) in [4.78, 5) is 9.74. The molecule has 0 aliphatic heterocycles. The zero-order valence-corrected chi connectivity index (χ0v) is 10.00. The number of amides is 1. The second-order valence-electron chi connectivity index (χ2n) is 2.30. The van der Waals surface area contributed by atoms with E-state index in [-0.39, 0.29) is 5.91 Å². The monoisotopic (exact) mass is 230 g/mol. The number of hydrogen-bond donors (Lipinski definition) is 2. The highest BCUT2D eigenvalue weighted by Gasteiger charge is 1.84. The molecule has 0 spiro atoms. The van der Waals surface area contributed by atoms with Crippen molar-refractivity contribution in [3.63, 3.8) is 0 Å². The first-order valence-corrected chi connectivity index (χ1v) is 5.23. The fourth-order valence-electron chi connectivity index (χ4n) is 0.557. The van der Waals surface area contributed by atoms with Gasteiger partial charge < -0.3 is 11.5 Å². The van der Waals surface area contributed by atoms with E-state index in [2.05, 4.69) is 5.73 Å². The third kappa shape index (κ3) is 15.7. The minimum Gasteiger partial charge on any atom is -0.370 e. The number of halogens is 1.